The van der Waals surface area contributed by atoms with E-state index in [1.807, 2.05) is 18.4 Å². The molecule has 2 aromatic rings. The number of hydrogen-bond donors (Lipinski definition) is 1. The van der Waals surface area contributed by atoms with Crippen molar-refractivity contribution >= 4 is 17.3 Å². The molecule has 0 spiro atoms. The number of thiophene rings is 1. The van der Waals surface area contributed by atoms with Crippen molar-refractivity contribution in [3.63, 3.8) is 0 Å². The van der Waals surface area contributed by atoms with Gasteiger partial charge in [-0.05, 0) is 42.1 Å². The van der Waals surface area contributed by atoms with Crippen LogP contribution in [0.3, 0.4) is 0 Å². The van der Waals surface area contributed by atoms with Gasteiger partial charge < -0.3 is 5.11 Å². The van der Waals surface area contributed by atoms with E-state index in [2.05, 4.69) is 0 Å². The summed E-state index contributed by atoms with van der Waals surface area (Å²) >= 11 is 1.40. The first-order valence-corrected chi connectivity index (χ1v) is 5.54. The zero-order chi connectivity index (χ0) is 11.7. The summed E-state index contributed by atoms with van der Waals surface area (Å²) in [5.74, 6) is -1.44. The molecule has 0 aliphatic rings. The average molecular weight is 236 g/mol. The van der Waals surface area contributed by atoms with Crippen LogP contribution in [-0.4, -0.2) is 11.1 Å². The molecule has 2 nitrogen and oxygen atoms in total. The third kappa shape index (κ3) is 1.97. The minimum absolute atomic E-state index is 0.0995. The minimum atomic E-state index is -1.05. The Kier molecular flexibility index (Phi) is 2.75. The van der Waals surface area contributed by atoms with Crippen molar-refractivity contribution in [2.24, 2.45) is 0 Å². The summed E-state index contributed by atoms with van der Waals surface area (Å²) in [4.78, 5) is 11.5. The van der Waals surface area contributed by atoms with Gasteiger partial charge in [-0.3, -0.25) is 0 Å². The molecule has 1 aromatic heterocycles. The number of carbonyl (C=O) groups is 1. The standard InChI is InChI=1S/C12H9FO2S/c1-7-4-11(16-6-7)9-5-8(12(14)15)2-3-10(9)13/h2-6H,1H3,(H,14,15). The van der Waals surface area contributed by atoms with Gasteiger partial charge in [0.2, 0.25) is 0 Å². The molecule has 2 rings (SSSR count). The van der Waals surface area contributed by atoms with Crippen LogP contribution < -0.4 is 0 Å². The quantitative estimate of drug-likeness (QED) is 0.865. The van der Waals surface area contributed by atoms with Crippen molar-refractivity contribution in [1.29, 1.82) is 0 Å². The van der Waals surface area contributed by atoms with E-state index >= 15 is 0 Å². The van der Waals surface area contributed by atoms with Crippen molar-refractivity contribution < 1.29 is 14.3 Å². The lowest BCUT2D eigenvalue weighted by Crippen LogP contribution is -1.97. The SMILES string of the molecule is Cc1csc(-c2cc(C(=O)O)ccc2F)c1. The zero-order valence-electron chi connectivity index (χ0n) is 8.53. The van der Waals surface area contributed by atoms with Crippen molar-refractivity contribution in [3.8, 4) is 10.4 Å². The number of halogens is 1. The van der Waals surface area contributed by atoms with E-state index < -0.39 is 11.8 Å². The van der Waals surface area contributed by atoms with Crippen LogP contribution in [-0.2, 0) is 0 Å². The van der Waals surface area contributed by atoms with Crippen LogP contribution in [0, 0.1) is 12.7 Å². The molecule has 82 valence electrons. The topological polar surface area (TPSA) is 37.3 Å². The Bertz CT molecular complexity index is 546. The van der Waals surface area contributed by atoms with Gasteiger partial charge in [0.05, 0.1) is 5.56 Å². The fourth-order valence-corrected chi connectivity index (χ4v) is 2.34. The molecule has 0 aliphatic carbocycles. The smallest absolute Gasteiger partial charge is 0.335 e. The van der Waals surface area contributed by atoms with Gasteiger partial charge in [-0.15, -0.1) is 11.3 Å². The fourth-order valence-electron chi connectivity index (χ4n) is 1.42. The highest BCUT2D eigenvalue weighted by atomic mass is 32.1. The second-order valence-electron chi connectivity index (χ2n) is 3.49. The summed E-state index contributed by atoms with van der Waals surface area (Å²) in [6.45, 7) is 1.92. The molecule has 1 heterocycles. The molecule has 0 atom stereocenters. The maximum atomic E-state index is 13.5. The lowest BCUT2D eigenvalue weighted by molar-refractivity contribution is 0.0697. The Morgan fingerprint density at radius 3 is 2.69 bits per heavy atom. The molecule has 16 heavy (non-hydrogen) atoms. The Hall–Kier alpha value is -1.68. The van der Waals surface area contributed by atoms with E-state index in [1.165, 1.54) is 29.5 Å². The average Bonchev–Trinajstić information content (AvgIpc) is 2.65. The van der Waals surface area contributed by atoms with Crippen LogP contribution in [0.25, 0.3) is 10.4 Å². The third-order valence-electron chi connectivity index (χ3n) is 2.21. The fraction of sp³-hybridized carbons (Fsp3) is 0.0833. The zero-order valence-corrected chi connectivity index (χ0v) is 9.34. The number of aryl methyl sites for hydroxylation is 1. The second-order valence-corrected chi connectivity index (χ2v) is 4.40. The van der Waals surface area contributed by atoms with Gasteiger partial charge >= 0.3 is 5.97 Å². The van der Waals surface area contributed by atoms with Gasteiger partial charge in [-0.1, -0.05) is 0 Å². The largest absolute Gasteiger partial charge is 0.478 e. The van der Waals surface area contributed by atoms with E-state index in [0.29, 0.717) is 5.56 Å². The lowest BCUT2D eigenvalue weighted by Gasteiger charge is -2.01. The molecule has 0 amide bonds. The Morgan fingerprint density at radius 2 is 2.12 bits per heavy atom. The molecular weight excluding hydrogens is 227 g/mol. The minimum Gasteiger partial charge on any atom is -0.478 e. The molecule has 0 fully saturated rings. The normalized spacial score (nSPS) is 10.4. The summed E-state index contributed by atoms with van der Waals surface area (Å²) in [6.07, 6.45) is 0. The summed E-state index contributed by atoms with van der Waals surface area (Å²) in [7, 11) is 0. The maximum absolute atomic E-state index is 13.5. The molecule has 4 heteroatoms. The maximum Gasteiger partial charge on any atom is 0.335 e. The molecule has 0 bridgehead atoms. The monoisotopic (exact) mass is 236 g/mol. The van der Waals surface area contributed by atoms with Crippen LogP contribution in [0.2, 0.25) is 0 Å². The number of hydrogen-bond acceptors (Lipinski definition) is 2. The molecule has 0 unspecified atom stereocenters. The first kappa shape index (κ1) is 10.8. The lowest BCUT2D eigenvalue weighted by atomic mass is 10.1. The Morgan fingerprint density at radius 1 is 1.38 bits per heavy atom. The number of aromatic carboxylic acids is 1. The number of rotatable bonds is 2. The molecule has 0 saturated heterocycles. The first-order valence-electron chi connectivity index (χ1n) is 4.66. The molecule has 0 aliphatic heterocycles. The van der Waals surface area contributed by atoms with E-state index in [9.17, 15) is 9.18 Å². The van der Waals surface area contributed by atoms with E-state index in [-0.39, 0.29) is 5.56 Å². The van der Waals surface area contributed by atoms with Crippen LogP contribution in [0.4, 0.5) is 4.39 Å². The van der Waals surface area contributed by atoms with Crippen LogP contribution in [0.15, 0.2) is 29.6 Å². The summed E-state index contributed by atoms with van der Waals surface area (Å²) < 4.78 is 13.5. The first-order chi connectivity index (χ1) is 7.58. The van der Waals surface area contributed by atoms with Crippen LogP contribution >= 0.6 is 11.3 Å². The molecule has 0 saturated carbocycles. The van der Waals surface area contributed by atoms with Crippen molar-refractivity contribution in [3.05, 3.63) is 46.6 Å². The summed E-state index contributed by atoms with van der Waals surface area (Å²) in [5.41, 5.74) is 1.49. The van der Waals surface area contributed by atoms with Crippen LogP contribution in [0.1, 0.15) is 15.9 Å². The van der Waals surface area contributed by atoms with Crippen molar-refractivity contribution in [2.45, 2.75) is 6.92 Å². The Labute approximate surface area is 96.0 Å². The van der Waals surface area contributed by atoms with E-state index in [0.717, 1.165) is 10.4 Å². The van der Waals surface area contributed by atoms with Crippen molar-refractivity contribution in [1.82, 2.24) is 0 Å². The van der Waals surface area contributed by atoms with Gasteiger partial charge in [0.15, 0.2) is 0 Å². The van der Waals surface area contributed by atoms with E-state index in [1.54, 1.807) is 0 Å². The van der Waals surface area contributed by atoms with Crippen LogP contribution in [0.5, 0.6) is 0 Å². The summed E-state index contributed by atoms with van der Waals surface area (Å²) in [6, 6.07) is 5.66. The van der Waals surface area contributed by atoms with Crippen molar-refractivity contribution in [2.75, 3.05) is 0 Å². The van der Waals surface area contributed by atoms with Gasteiger partial charge in [-0.2, -0.15) is 0 Å². The third-order valence-corrected chi connectivity index (χ3v) is 3.29. The number of carboxylic acids is 1. The van der Waals surface area contributed by atoms with E-state index in [4.69, 9.17) is 5.11 Å². The Balaban J connectivity index is 2.55. The predicted molar refractivity (Wildman–Crippen MR) is 61.4 cm³/mol. The molecular formula is C12H9FO2S. The number of benzene rings is 1. The molecule has 0 radical (unpaired) electrons. The van der Waals surface area contributed by atoms with Gasteiger partial charge in [0, 0.05) is 10.4 Å². The highest BCUT2D eigenvalue weighted by Crippen LogP contribution is 2.29. The summed E-state index contributed by atoms with van der Waals surface area (Å²) in [5, 5.41) is 10.7. The molecule has 1 aromatic carbocycles. The van der Waals surface area contributed by atoms with Gasteiger partial charge in [-0.25, -0.2) is 9.18 Å². The number of carboxylic acid groups (broad SMARTS) is 1. The highest BCUT2D eigenvalue weighted by molar-refractivity contribution is 7.13. The molecule has 1 N–H and O–H groups in total. The predicted octanol–water partition coefficient (Wildman–Crippen LogP) is 3.56. The highest BCUT2D eigenvalue weighted by Gasteiger charge is 2.11. The van der Waals surface area contributed by atoms with Gasteiger partial charge in [0.25, 0.3) is 0 Å². The van der Waals surface area contributed by atoms with Gasteiger partial charge in [0.1, 0.15) is 5.82 Å². The second kappa shape index (κ2) is 4.06.